The molecule has 0 atom stereocenters. The van der Waals surface area contributed by atoms with Crippen LogP contribution in [0.15, 0.2) is 18.2 Å². The number of hydrogen-bond acceptors (Lipinski definition) is 2. The van der Waals surface area contributed by atoms with Gasteiger partial charge in [-0.1, -0.05) is 17.7 Å². The SMILES string of the molecule is N#CCN(C(=O)c1c(F)cccc1Cl)C1CC1. The van der Waals surface area contributed by atoms with Crippen molar-refractivity contribution in [3.63, 3.8) is 0 Å². The molecule has 1 aliphatic rings. The quantitative estimate of drug-likeness (QED) is 0.776. The van der Waals surface area contributed by atoms with Gasteiger partial charge in [0.2, 0.25) is 0 Å². The molecule has 88 valence electrons. The van der Waals surface area contributed by atoms with E-state index in [1.54, 1.807) is 0 Å². The van der Waals surface area contributed by atoms with Gasteiger partial charge in [-0.25, -0.2) is 4.39 Å². The Bertz CT molecular complexity index is 474. The zero-order valence-corrected chi connectivity index (χ0v) is 9.75. The van der Waals surface area contributed by atoms with E-state index in [0.717, 1.165) is 12.8 Å². The summed E-state index contributed by atoms with van der Waals surface area (Å²) in [6, 6.07) is 6.08. The van der Waals surface area contributed by atoms with Crippen molar-refractivity contribution in [2.75, 3.05) is 6.54 Å². The van der Waals surface area contributed by atoms with Gasteiger partial charge in [-0.15, -0.1) is 0 Å². The van der Waals surface area contributed by atoms with Crippen molar-refractivity contribution in [1.29, 1.82) is 5.26 Å². The van der Waals surface area contributed by atoms with Gasteiger partial charge in [0.1, 0.15) is 12.4 Å². The lowest BCUT2D eigenvalue weighted by Gasteiger charge is -2.19. The third-order valence-corrected chi connectivity index (χ3v) is 2.98. The Morgan fingerprint density at radius 1 is 1.59 bits per heavy atom. The molecule has 3 nitrogen and oxygen atoms in total. The summed E-state index contributed by atoms with van der Waals surface area (Å²) in [4.78, 5) is 13.5. The summed E-state index contributed by atoms with van der Waals surface area (Å²) in [7, 11) is 0. The minimum Gasteiger partial charge on any atom is -0.322 e. The Hall–Kier alpha value is -1.60. The van der Waals surface area contributed by atoms with Gasteiger partial charge in [0, 0.05) is 6.04 Å². The molecule has 0 spiro atoms. The van der Waals surface area contributed by atoms with Gasteiger partial charge in [0.15, 0.2) is 0 Å². The summed E-state index contributed by atoms with van der Waals surface area (Å²) in [6.07, 6.45) is 1.72. The molecule has 1 fully saturated rings. The van der Waals surface area contributed by atoms with Crippen molar-refractivity contribution in [3.05, 3.63) is 34.6 Å². The first kappa shape index (κ1) is 11.9. The van der Waals surface area contributed by atoms with Crippen LogP contribution in [0.4, 0.5) is 4.39 Å². The Labute approximate surface area is 103 Å². The molecular formula is C12H10ClFN2O. The second kappa shape index (κ2) is 4.72. The van der Waals surface area contributed by atoms with E-state index in [9.17, 15) is 9.18 Å². The molecule has 1 amide bonds. The molecule has 0 saturated heterocycles. The second-order valence-electron chi connectivity index (χ2n) is 3.92. The van der Waals surface area contributed by atoms with Crippen LogP contribution in [0.2, 0.25) is 5.02 Å². The molecule has 1 aliphatic carbocycles. The van der Waals surface area contributed by atoms with Gasteiger partial charge in [-0.2, -0.15) is 5.26 Å². The summed E-state index contributed by atoms with van der Waals surface area (Å²) in [5.41, 5.74) is -0.142. The van der Waals surface area contributed by atoms with E-state index in [1.165, 1.54) is 23.1 Å². The molecule has 1 aromatic carbocycles. The maximum absolute atomic E-state index is 13.6. The first-order chi connectivity index (χ1) is 8.15. The lowest BCUT2D eigenvalue weighted by Crippen LogP contribution is -2.34. The van der Waals surface area contributed by atoms with Crippen LogP contribution in [0.3, 0.4) is 0 Å². The van der Waals surface area contributed by atoms with E-state index < -0.39 is 11.7 Å². The summed E-state index contributed by atoms with van der Waals surface area (Å²) in [5, 5.41) is 8.76. The summed E-state index contributed by atoms with van der Waals surface area (Å²) < 4.78 is 13.6. The van der Waals surface area contributed by atoms with Crippen LogP contribution in [0.25, 0.3) is 0 Å². The standard InChI is InChI=1S/C12H10ClFN2O/c13-9-2-1-3-10(14)11(9)12(17)16(7-6-15)8-4-5-8/h1-3,8H,4-5,7H2. The van der Waals surface area contributed by atoms with E-state index in [1.807, 2.05) is 6.07 Å². The monoisotopic (exact) mass is 252 g/mol. The Morgan fingerprint density at radius 2 is 2.29 bits per heavy atom. The number of nitriles is 1. The lowest BCUT2D eigenvalue weighted by molar-refractivity contribution is 0.0760. The molecule has 17 heavy (non-hydrogen) atoms. The normalized spacial score (nSPS) is 14.2. The van der Waals surface area contributed by atoms with Crippen LogP contribution in [0, 0.1) is 17.1 Å². The summed E-state index contributed by atoms with van der Waals surface area (Å²) in [5.74, 6) is -1.15. The molecule has 0 bridgehead atoms. The molecule has 0 aliphatic heterocycles. The van der Waals surface area contributed by atoms with E-state index in [4.69, 9.17) is 16.9 Å². The maximum atomic E-state index is 13.6. The Balaban J connectivity index is 2.32. The van der Waals surface area contributed by atoms with E-state index in [0.29, 0.717) is 0 Å². The Morgan fingerprint density at radius 3 is 2.82 bits per heavy atom. The number of amides is 1. The highest BCUT2D eigenvalue weighted by molar-refractivity contribution is 6.33. The smallest absolute Gasteiger partial charge is 0.259 e. The largest absolute Gasteiger partial charge is 0.322 e. The van der Waals surface area contributed by atoms with Gasteiger partial charge in [-0.05, 0) is 25.0 Å². The van der Waals surface area contributed by atoms with Gasteiger partial charge in [0.05, 0.1) is 16.7 Å². The van der Waals surface area contributed by atoms with Crippen LogP contribution in [0.5, 0.6) is 0 Å². The number of rotatable bonds is 3. The van der Waals surface area contributed by atoms with Gasteiger partial charge >= 0.3 is 0 Å². The number of carbonyl (C=O) groups is 1. The third-order valence-electron chi connectivity index (χ3n) is 2.67. The Kier molecular flexibility index (Phi) is 3.30. The predicted octanol–water partition coefficient (Wildman–Crippen LogP) is 2.61. The van der Waals surface area contributed by atoms with Crippen LogP contribution in [-0.4, -0.2) is 23.4 Å². The molecule has 1 aromatic rings. The van der Waals surface area contributed by atoms with Gasteiger partial charge in [0.25, 0.3) is 5.91 Å². The molecule has 0 aromatic heterocycles. The summed E-state index contributed by atoms with van der Waals surface area (Å²) in [6.45, 7) is -0.0336. The van der Waals surface area contributed by atoms with Gasteiger partial charge < -0.3 is 4.90 Å². The second-order valence-corrected chi connectivity index (χ2v) is 4.33. The van der Waals surface area contributed by atoms with Crippen LogP contribution >= 0.6 is 11.6 Å². The van der Waals surface area contributed by atoms with Crippen molar-refractivity contribution in [1.82, 2.24) is 4.90 Å². The van der Waals surface area contributed by atoms with Crippen molar-refractivity contribution >= 4 is 17.5 Å². The lowest BCUT2D eigenvalue weighted by atomic mass is 10.2. The van der Waals surface area contributed by atoms with Gasteiger partial charge in [-0.3, -0.25) is 4.79 Å². The van der Waals surface area contributed by atoms with E-state index >= 15 is 0 Å². The average Bonchev–Trinajstić information content (AvgIpc) is 3.09. The van der Waals surface area contributed by atoms with Crippen LogP contribution in [0.1, 0.15) is 23.2 Å². The summed E-state index contributed by atoms with van der Waals surface area (Å²) >= 11 is 5.82. The topological polar surface area (TPSA) is 44.1 Å². The molecule has 0 unspecified atom stereocenters. The minimum absolute atomic E-state index is 0.0336. The van der Waals surface area contributed by atoms with Crippen LogP contribution in [-0.2, 0) is 0 Å². The third kappa shape index (κ3) is 2.40. The first-order valence-corrected chi connectivity index (χ1v) is 5.65. The molecule has 0 heterocycles. The zero-order chi connectivity index (χ0) is 12.4. The fourth-order valence-electron chi connectivity index (χ4n) is 1.67. The number of benzene rings is 1. The molecule has 5 heteroatoms. The minimum atomic E-state index is -0.647. The fourth-order valence-corrected chi connectivity index (χ4v) is 1.92. The molecule has 0 radical (unpaired) electrons. The number of nitrogens with zero attached hydrogens (tertiary/aromatic N) is 2. The van der Waals surface area contributed by atoms with Crippen molar-refractivity contribution in [2.24, 2.45) is 0 Å². The highest BCUT2D eigenvalue weighted by Gasteiger charge is 2.34. The highest BCUT2D eigenvalue weighted by Crippen LogP contribution is 2.30. The molecular weight excluding hydrogens is 243 g/mol. The number of hydrogen-bond donors (Lipinski definition) is 0. The predicted molar refractivity (Wildman–Crippen MR) is 61.1 cm³/mol. The molecule has 1 saturated carbocycles. The molecule has 0 N–H and O–H groups in total. The maximum Gasteiger partial charge on any atom is 0.259 e. The van der Waals surface area contributed by atoms with Crippen molar-refractivity contribution in [3.8, 4) is 6.07 Å². The average molecular weight is 253 g/mol. The van der Waals surface area contributed by atoms with E-state index in [-0.39, 0.29) is 23.2 Å². The van der Waals surface area contributed by atoms with Crippen LogP contribution < -0.4 is 0 Å². The first-order valence-electron chi connectivity index (χ1n) is 5.27. The number of halogens is 2. The fraction of sp³-hybridized carbons (Fsp3) is 0.333. The van der Waals surface area contributed by atoms with E-state index in [2.05, 4.69) is 0 Å². The molecule has 2 rings (SSSR count). The highest BCUT2D eigenvalue weighted by atomic mass is 35.5. The number of carbonyl (C=O) groups excluding carboxylic acids is 1. The van der Waals surface area contributed by atoms with Crippen molar-refractivity contribution < 1.29 is 9.18 Å². The van der Waals surface area contributed by atoms with Crippen molar-refractivity contribution in [2.45, 2.75) is 18.9 Å². The zero-order valence-electron chi connectivity index (χ0n) is 8.99.